The second-order valence-corrected chi connectivity index (χ2v) is 5.47. The van der Waals surface area contributed by atoms with E-state index in [4.69, 9.17) is 0 Å². The minimum atomic E-state index is 0. The van der Waals surface area contributed by atoms with Crippen LogP contribution >= 0.6 is 24.8 Å². The number of benzene rings is 1. The van der Waals surface area contributed by atoms with Crippen molar-refractivity contribution < 1.29 is 0 Å². The van der Waals surface area contributed by atoms with E-state index in [2.05, 4.69) is 35.8 Å². The van der Waals surface area contributed by atoms with Crippen LogP contribution in [0.15, 0.2) is 18.2 Å². The normalized spacial score (nSPS) is 25.7. The van der Waals surface area contributed by atoms with Gasteiger partial charge in [-0.25, -0.2) is 0 Å². The van der Waals surface area contributed by atoms with Crippen LogP contribution in [-0.4, -0.2) is 25.7 Å². The Kier molecular flexibility index (Phi) is 6.61. The Hall–Kier alpha value is -0.280. The van der Waals surface area contributed by atoms with Crippen LogP contribution in [-0.2, 0) is 6.42 Å². The standard InChI is InChI=1S/C15H22N2.2ClH/c1-11-5-6-13-12(9-11)3-2-4-14(13)15-10-16-7-8-17-15;;/h5-6,9,14-17H,2-4,7-8,10H2,1H3;2*1H. The molecule has 2 nitrogen and oxygen atoms in total. The van der Waals surface area contributed by atoms with Gasteiger partial charge in [-0.3, -0.25) is 0 Å². The Morgan fingerprint density at radius 2 is 2.00 bits per heavy atom. The van der Waals surface area contributed by atoms with Crippen molar-refractivity contribution in [3.63, 3.8) is 0 Å². The first-order valence-electron chi connectivity index (χ1n) is 6.88. The van der Waals surface area contributed by atoms with E-state index in [1.165, 1.54) is 24.8 Å². The second kappa shape index (κ2) is 7.49. The molecule has 4 heteroatoms. The highest BCUT2D eigenvalue weighted by molar-refractivity contribution is 5.85. The van der Waals surface area contributed by atoms with E-state index in [9.17, 15) is 0 Å². The van der Waals surface area contributed by atoms with Crippen molar-refractivity contribution >= 4 is 24.8 Å². The number of nitrogens with one attached hydrogen (secondary N) is 2. The number of hydrogen-bond donors (Lipinski definition) is 2. The molecular weight excluding hydrogens is 279 g/mol. The summed E-state index contributed by atoms with van der Waals surface area (Å²) in [6, 6.07) is 7.65. The number of aryl methyl sites for hydroxylation is 2. The molecule has 1 saturated heterocycles. The Bertz CT molecular complexity index is 403. The summed E-state index contributed by atoms with van der Waals surface area (Å²) in [5, 5.41) is 7.19. The Labute approximate surface area is 128 Å². The van der Waals surface area contributed by atoms with E-state index in [1.807, 2.05) is 0 Å². The molecule has 0 bridgehead atoms. The molecule has 0 saturated carbocycles. The maximum absolute atomic E-state index is 3.68. The van der Waals surface area contributed by atoms with E-state index in [1.54, 1.807) is 11.1 Å². The van der Waals surface area contributed by atoms with Crippen molar-refractivity contribution in [3.8, 4) is 0 Å². The summed E-state index contributed by atoms with van der Waals surface area (Å²) < 4.78 is 0. The van der Waals surface area contributed by atoms with Gasteiger partial charge in [0.25, 0.3) is 0 Å². The molecule has 1 aromatic carbocycles. The number of piperazine rings is 1. The molecule has 1 heterocycles. The van der Waals surface area contributed by atoms with Crippen LogP contribution in [0.5, 0.6) is 0 Å². The summed E-state index contributed by atoms with van der Waals surface area (Å²) in [4.78, 5) is 0. The molecule has 1 aliphatic carbocycles. The molecule has 2 atom stereocenters. The summed E-state index contributed by atoms with van der Waals surface area (Å²) >= 11 is 0. The number of halogens is 2. The van der Waals surface area contributed by atoms with E-state index < -0.39 is 0 Å². The summed E-state index contributed by atoms with van der Waals surface area (Å²) in [5.41, 5.74) is 4.59. The molecule has 1 aliphatic heterocycles. The summed E-state index contributed by atoms with van der Waals surface area (Å²) in [5.74, 6) is 0.715. The monoisotopic (exact) mass is 302 g/mol. The van der Waals surface area contributed by atoms with Gasteiger partial charge >= 0.3 is 0 Å². The summed E-state index contributed by atoms with van der Waals surface area (Å²) in [7, 11) is 0. The third-order valence-electron chi connectivity index (χ3n) is 4.22. The smallest absolute Gasteiger partial charge is 0.0261 e. The van der Waals surface area contributed by atoms with Gasteiger partial charge in [0.1, 0.15) is 0 Å². The van der Waals surface area contributed by atoms with Gasteiger partial charge < -0.3 is 10.6 Å². The molecule has 108 valence electrons. The SMILES string of the molecule is Cc1ccc2c(c1)CCCC2C1CNCCN1.Cl.Cl. The van der Waals surface area contributed by atoms with E-state index in [0.717, 1.165) is 19.6 Å². The quantitative estimate of drug-likeness (QED) is 0.833. The fraction of sp³-hybridized carbons (Fsp3) is 0.600. The van der Waals surface area contributed by atoms with Gasteiger partial charge in [0.05, 0.1) is 0 Å². The van der Waals surface area contributed by atoms with Crippen molar-refractivity contribution in [2.75, 3.05) is 19.6 Å². The minimum absolute atomic E-state index is 0. The predicted molar refractivity (Wildman–Crippen MR) is 86.0 cm³/mol. The third kappa shape index (κ3) is 3.63. The van der Waals surface area contributed by atoms with Crippen molar-refractivity contribution in [2.24, 2.45) is 0 Å². The average Bonchev–Trinajstić information content (AvgIpc) is 2.39. The van der Waals surface area contributed by atoms with Crippen molar-refractivity contribution in [1.82, 2.24) is 10.6 Å². The molecule has 1 aromatic rings. The van der Waals surface area contributed by atoms with Gasteiger partial charge in [0.15, 0.2) is 0 Å². The maximum Gasteiger partial charge on any atom is 0.0261 e. The fourth-order valence-corrected chi connectivity index (χ4v) is 3.36. The van der Waals surface area contributed by atoms with Gasteiger partial charge in [-0.15, -0.1) is 24.8 Å². The lowest BCUT2D eigenvalue weighted by Gasteiger charge is -2.36. The predicted octanol–water partition coefficient (Wildman–Crippen LogP) is 2.82. The Morgan fingerprint density at radius 1 is 1.16 bits per heavy atom. The van der Waals surface area contributed by atoms with Crippen LogP contribution in [0.4, 0.5) is 0 Å². The van der Waals surface area contributed by atoms with Gasteiger partial charge in [-0.05, 0) is 37.3 Å². The summed E-state index contributed by atoms with van der Waals surface area (Å²) in [6.45, 7) is 5.55. The molecule has 2 unspecified atom stereocenters. The summed E-state index contributed by atoms with van der Waals surface area (Å²) in [6.07, 6.45) is 3.96. The first kappa shape index (κ1) is 16.8. The minimum Gasteiger partial charge on any atom is -0.314 e. The highest BCUT2D eigenvalue weighted by Crippen LogP contribution is 2.34. The highest BCUT2D eigenvalue weighted by Gasteiger charge is 2.28. The van der Waals surface area contributed by atoms with Gasteiger partial charge in [0, 0.05) is 31.6 Å². The number of hydrogen-bond acceptors (Lipinski definition) is 2. The largest absolute Gasteiger partial charge is 0.314 e. The molecule has 0 amide bonds. The second-order valence-electron chi connectivity index (χ2n) is 5.47. The van der Waals surface area contributed by atoms with E-state index >= 15 is 0 Å². The number of fused-ring (bicyclic) bond motifs is 1. The van der Waals surface area contributed by atoms with E-state index in [0.29, 0.717) is 12.0 Å². The number of rotatable bonds is 1. The van der Waals surface area contributed by atoms with Crippen molar-refractivity contribution in [1.29, 1.82) is 0 Å². The molecule has 3 rings (SSSR count). The van der Waals surface area contributed by atoms with Crippen molar-refractivity contribution in [3.05, 3.63) is 34.9 Å². The van der Waals surface area contributed by atoms with Crippen LogP contribution in [0.25, 0.3) is 0 Å². The topological polar surface area (TPSA) is 24.1 Å². The van der Waals surface area contributed by atoms with Crippen LogP contribution in [0.3, 0.4) is 0 Å². The first-order chi connectivity index (χ1) is 8.34. The third-order valence-corrected chi connectivity index (χ3v) is 4.22. The van der Waals surface area contributed by atoms with Gasteiger partial charge in [-0.2, -0.15) is 0 Å². The molecule has 0 aromatic heterocycles. The fourth-order valence-electron chi connectivity index (χ4n) is 3.36. The van der Waals surface area contributed by atoms with Gasteiger partial charge in [0.2, 0.25) is 0 Å². The lowest BCUT2D eigenvalue weighted by molar-refractivity contribution is 0.341. The van der Waals surface area contributed by atoms with Crippen LogP contribution < -0.4 is 10.6 Å². The maximum atomic E-state index is 3.68. The van der Waals surface area contributed by atoms with Crippen LogP contribution in [0, 0.1) is 6.92 Å². The highest BCUT2D eigenvalue weighted by atomic mass is 35.5. The zero-order valence-corrected chi connectivity index (χ0v) is 13.1. The average molecular weight is 303 g/mol. The van der Waals surface area contributed by atoms with Crippen LogP contribution in [0.2, 0.25) is 0 Å². The Balaban J connectivity index is 0.000000902. The Morgan fingerprint density at radius 3 is 2.74 bits per heavy atom. The molecular formula is C15H24Cl2N2. The van der Waals surface area contributed by atoms with E-state index in [-0.39, 0.29) is 24.8 Å². The van der Waals surface area contributed by atoms with Gasteiger partial charge in [-0.1, -0.05) is 23.8 Å². The molecule has 2 aliphatic rings. The first-order valence-corrected chi connectivity index (χ1v) is 6.88. The van der Waals surface area contributed by atoms with Crippen LogP contribution in [0.1, 0.15) is 35.4 Å². The van der Waals surface area contributed by atoms with Crippen molar-refractivity contribution in [2.45, 2.75) is 38.1 Å². The molecule has 0 spiro atoms. The molecule has 19 heavy (non-hydrogen) atoms. The zero-order valence-electron chi connectivity index (χ0n) is 11.4. The molecule has 1 fully saturated rings. The molecule has 0 radical (unpaired) electrons. The zero-order chi connectivity index (χ0) is 11.7. The lowest BCUT2D eigenvalue weighted by Crippen LogP contribution is -2.51. The lowest BCUT2D eigenvalue weighted by atomic mass is 9.78. The molecule has 2 N–H and O–H groups in total.